The zero-order valence-corrected chi connectivity index (χ0v) is 13.2. The van der Waals surface area contributed by atoms with Crippen molar-refractivity contribution in [2.45, 2.75) is 0 Å². The van der Waals surface area contributed by atoms with Gasteiger partial charge in [-0.25, -0.2) is 0 Å². The molecule has 21 heavy (non-hydrogen) atoms. The molecule has 2 amide bonds. The third-order valence-electron chi connectivity index (χ3n) is 3.39. The van der Waals surface area contributed by atoms with Gasteiger partial charge in [-0.05, 0) is 28.1 Å². The number of rotatable bonds is 3. The number of halogens is 1. The number of aliphatic hydroxyl groups is 1. The highest BCUT2D eigenvalue weighted by atomic mass is 79.9. The maximum atomic E-state index is 12.1. The van der Waals surface area contributed by atoms with Gasteiger partial charge in [-0.2, -0.15) is 0 Å². The number of piperazine rings is 1. The summed E-state index contributed by atoms with van der Waals surface area (Å²) >= 11 is 3.33. The minimum absolute atomic E-state index is 0.108. The summed E-state index contributed by atoms with van der Waals surface area (Å²) < 4.78 is 0.735. The lowest BCUT2D eigenvalue weighted by molar-refractivity contribution is -0.144. The van der Waals surface area contributed by atoms with Crippen molar-refractivity contribution in [1.29, 1.82) is 0 Å². The lowest BCUT2D eigenvalue weighted by Crippen LogP contribution is -2.52. The fourth-order valence-electron chi connectivity index (χ4n) is 2.20. The summed E-state index contributed by atoms with van der Waals surface area (Å²) in [6.07, 6.45) is 0. The van der Waals surface area contributed by atoms with Crippen LogP contribution >= 0.6 is 15.9 Å². The highest BCUT2D eigenvalue weighted by Gasteiger charge is 2.26. The third kappa shape index (κ3) is 4.26. The Balaban J connectivity index is 1.89. The van der Waals surface area contributed by atoms with Crippen molar-refractivity contribution >= 4 is 33.4 Å². The number of β-amino-alcohol motifs (C(OH)–C–C–N with tert-alkyl or cyclic N) is 1. The summed E-state index contributed by atoms with van der Waals surface area (Å²) in [5.41, 5.74) is 0.578. The summed E-state index contributed by atoms with van der Waals surface area (Å²) in [6.45, 7) is 3.06. The van der Waals surface area contributed by atoms with Crippen molar-refractivity contribution in [1.82, 2.24) is 9.80 Å². The van der Waals surface area contributed by atoms with E-state index in [9.17, 15) is 9.59 Å². The van der Waals surface area contributed by atoms with Crippen molar-refractivity contribution in [3.05, 3.63) is 28.7 Å². The minimum atomic E-state index is -0.627. The van der Waals surface area contributed by atoms with Gasteiger partial charge in [0.25, 0.3) is 0 Å². The smallest absolute Gasteiger partial charge is 0.313 e. The van der Waals surface area contributed by atoms with E-state index in [1.165, 1.54) is 0 Å². The van der Waals surface area contributed by atoms with Crippen LogP contribution in [-0.2, 0) is 9.59 Å². The zero-order valence-electron chi connectivity index (χ0n) is 11.6. The molecule has 7 heteroatoms. The fraction of sp³-hybridized carbons (Fsp3) is 0.429. The summed E-state index contributed by atoms with van der Waals surface area (Å²) in [7, 11) is 0. The Hall–Kier alpha value is -1.44. The molecule has 0 aliphatic carbocycles. The van der Waals surface area contributed by atoms with Crippen LogP contribution in [0.15, 0.2) is 28.7 Å². The lowest BCUT2D eigenvalue weighted by atomic mass is 10.3. The largest absolute Gasteiger partial charge is 0.395 e. The van der Waals surface area contributed by atoms with Gasteiger partial charge in [-0.1, -0.05) is 12.1 Å². The number of carbonyl (C=O) groups is 2. The molecule has 1 aromatic carbocycles. The van der Waals surface area contributed by atoms with E-state index in [1.54, 1.807) is 23.1 Å². The first kappa shape index (κ1) is 15.9. The molecule has 0 aromatic heterocycles. The number of aliphatic hydroxyl groups excluding tert-OH is 1. The van der Waals surface area contributed by atoms with Gasteiger partial charge in [0, 0.05) is 37.2 Å². The predicted molar refractivity (Wildman–Crippen MR) is 82.9 cm³/mol. The molecule has 2 rings (SSSR count). The normalized spacial score (nSPS) is 15.8. The van der Waals surface area contributed by atoms with Crippen LogP contribution in [0.5, 0.6) is 0 Å². The standard InChI is InChI=1S/C14H18BrN3O3/c15-11-3-1-2-4-12(11)16-13(20)14(21)18-7-5-17(6-8-18)9-10-19/h1-4,19H,5-10H2,(H,16,20). The Morgan fingerprint density at radius 1 is 1.19 bits per heavy atom. The molecule has 1 aromatic rings. The van der Waals surface area contributed by atoms with Crippen molar-refractivity contribution < 1.29 is 14.7 Å². The zero-order chi connectivity index (χ0) is 15.2. The molecule has 1 saturated heterocycles. The van der Waals surface area contributed by atoms with E-state index in [2.05, 4.69) is 26.1 Å². The molecule has 0 radical (unpaired) electrons. The van der Waals surface area contributed by atoms with E-state index in [-0.39, 0.29) is 6.61 Å². The average Bonchev–Trinajstić information content (AvgIpc) is 2.50. The van der Waals surface area contributed by atoms with E-state index in [0.717, 1.165) is 4.47 Å². The van der Waals surface area contributed by atoms with Crippen LogP contribution in [0, 0.1) is 0 Å². The van der Waals surface area contributed by atoms with Crippen molar-refractivity contribution in [3.63, 3.8) is 0 Å². The number of carbonyl (C=O) groups excluding carboxylic acids is 2. The first-order chi connectivity index (χ1) is 10.1. The van der Waals surface area contributed by atoms with E-state index < -0.39 is 11.8 Å². The molecule has 0 spiro atoms. The molecule has 1 aliphatic rings. The van der Waals surface area contributed by atoms with E-state index in [1.807, 2.05) is 6.07 Å². The monoisotopic (exact) mass is 355 g/mol. The molecule has 0 saturated carbocycles. The number of para-hydroxylation sites is 1. The van der Waals surface area contributed by atoms with Gasteiger partial charge in [0.2, 0.25) is 0 Å². The van der Waals surface area contributed by atoms with Crippen molar-refractivity contribution in [2.75, 3.05) is 44.6 Å². The molecule has 1 heterocycles. The molecule has 1 aliphatic heterocycles. The Labute approximate surface area is 131 Å². The molecule has 114 valence electrons. The van der Waals surface area contributed by atoms with Crippen LogP contribution < -0.4 is 5.32 Å². The summed E-state index contributed by atoms with van der Waals surface area (Å²) in [5.74, 6) is -1.15. The first-order valence-electron chi connectivity index (χ1n) is 6.80. The quantitative estimate of drug-likeness (QED) is 0.775. The summed E-state index contributed by atoms with van der Waals surface area (Å²) in [4.78, 5) is 27.7. The van der Waals surface area contributed by atoms with E-state index in [4.69, 9.17) is 5.11 Å². The van der Waals surface area contributed by atoms with Crippen LogP contribution in [0.2, 0.25) is 0 Å². The summed E-state index contributed by atoms with van der Waals surface area (Å²) in [5, 5.41) is 11.5. The fourth-order valence-corrected chi connectivity index (χ4v) is 2.58. The third-order valence-corrected chi connectivity index (χ3v) is 4.08. The minimum Gasteiger partial charge on any atom is -0.395 e. The maximum absolute atomic E-state index is 12.1. The Bertz CT molecular complexity index is 516. The van der Waals surface area contributed by atoms with Crippen LogP contribution in [0.3, 0.4) is 0 Å². The highest BCUT2D eigenvalue weighted by Crippen LogP contribution is 2.21. The van der Waals surface area contributed by atoms with Gasteiger partial charge in [0.15, 0.2) is 0 Å². The number of nitrogens with zero attached hydrogens (tertiary/aromatic N) is 2. The molecular weight excluding hydrogens is 338 g/mol. The van der Waals surface area contributed by atoms with Gasteiger partial charge in [0.1, 0.15) is 0 Å². The number of hydrogen-bond acceptors (Lipinski definition) is 4. The maximum Gasteiger partial charge on any atom is 0.313 e. The second-order valence-corrected chi connectivity index (χ2v) is 5.65. The second-order valence-electron chi connectivity index (χ2n) is 4.79. The number of nitrogens with one attached hydrogen (secondary N) is 1. The van der Waals surface area contributed by atoms with Crippen LogP contribution in [0.25, 0.3) is 0 Å². The van der Waals surface area contributed by atoms with E-state index >= 15 is 0 Å². The van der Waals surface area contributed by atoms with Crippen LogP contribution in [-0.4, -0.2) is 66.1 Å². The number of benzene rings is 1. The van der Waals surface area contributed by atoms with Crippen LogP contribution in [0.4, 0.5) is 5.69 Å². The topological polar surface area (TPSA) is 72.9 Å². The second kappa shape index (κ2) is 7.53. The van der Waals surface area contributed by atoms with Gasteiger partial charge >= 0.3 is 11.8 Å². The van der Waals surface area contributed by atoms with Gasteiger partial charge in [0.05, 0.1) is 12.3 Å². The van der Waals surface area contributed by atoms with Crippen molar-refractivity contribution in [2.24, 2.45) is 0 Å². The number of anilines is 1. The SMILES string of the molecule is O=C(Nc1ccccc1Br)C(=O)N1CCN(CCO)CC1. The Morgan fingerprint density at radius 3 is 2.48 bits per heavy atom. The number of hydrogen-bond donors (Lipinski definition) is 2. The van der Waals surface area contributed by atoms with E-state index in [0.29, 0.717) is 38.4 Å². The number of amides is 2. The molecule has 0 bridgehead atoms. The highest BCUT2D eigenvalue weighted by molar-refractivity contribution is 9.10. The predicted octanol–water partition coefficient (Wildman–Crippen LogP) is 0.524. The van der Waals surface area contributed by atoms with Crippen LogP contribution in [0.1, 0.15) is 0 Å². The molecule has 1 fully saturated rings. The lowest BCUT2D eigenvalue weighted by Gasteiger charge is -2.33. The molecule has 0 unspecified atom stereocenters. The molecule has 2 N–H and O–H groups in total. The van der Waals surface area contributed by atoms with Gasteiger partial charge in [-0.15, -0.1) is 0 Å². The molecule has 6 nitrogen and oxygen atoms in total. The average molecular weight is 356 g/mol. The van der Waals surface area contributed by atoms with Gasteiger partial charge in [-0.3, -0.25) is 14.5 Å². The Morgan fingerprint density at radius 2 is 1.86 bits per heavy atom. The van der Waals surface area contributed by atoms with Crippen molar-refractivity contribution in [3.8, 4) is 0 Å². The van der Waals surface area contributed by atoms with Gasteiger partial charge < -0.3 is 15.3 Å². The first-order valence-corrected chi connectivity index (χ1v) is 7.59. The molecule has 0 atom stereocenters. The Kier molecular flexibility index (Phi) is 5.72. The molecular formula is C14H18BrN3O3. The summed E-state index contributed by atoms with van der Waals surface area (Å²) in [6, 6.07) is 7.16.